The lowest BCUT2D eigenvalue weighted by atomic mass is 9.95. The molecule has 0 radical (unpaired) electrons. The summed E-state index contributed by atoms with van der Waals surface area (Å²) in [5, 5.41) is 2.74. The van der Waals surface area contributed by atoms with Crippen molar-refractivity contribution in [2.75, 3.05) is 13.1 Å². The van der Waals surface area contributed by atoms with Gasteiger partial charge in [0, 0.05) is 28.6 Å². The Morgan fingerprint density at radius 3 is 2.65 bits per heavy atom. The summed E-state index contributed by atoms with van der Waals surface area (Å²) >= 11 is 7.77. The van der Waals surface area contributed by atoms with Gasteiger partial charge in [0.15, 0.2) is 0 Å². The van der Waals surface area contributed by atoms with Gasteiger partial charge in [-0.2, -0.15) is 0 Å². The highest BCUT2D eigenvalue weighted by Gasteiger charge is 2.24. The van der Waals surface area contributed by atoms with Crippen molar-refractivity contribution in [3.8, 4) is 0 Å². The molecule has 20 heavy (non-hydrogen) atoms. The fraction of sp³-hybridized carbons (Fsp3) is 0.312. The van der Waals surface area contributed by atoms with E-state index in [1.165, 1.54) is 4.88 Å². The number of likely N-dealkylation sites (tertiary alicyclic amines) is 1. The topological polar surface area (TPSA) is 20.3 Å². The normalized spacial score (nSPS) is 16.4. The van der Waals surface area contributed by atoms with Crippen LogP contribution < -0.4 is 0 Å². The van der Waals surface area contributed by atoms with Crippen molar-refractivity contribution >= 4 is 28.8 Å². The van der Waals surface area contributed by atoms with E-state index in [4.69, 9.17) is 11.6 Å². The third-order valence-corrected chi connectivity index (χ3v) is 5.07. The van der Waals surface area contributed by atoms with Crippen LogP contribution in [0.25, 0.3) is 0 Å². The summed E-state index contributed by atoms with van der Waals surface area (Å²) in [4.78, 5) is 15.8. The fourth-order valence-corrected chi connectivity index (χ4v) is 3.78. The third kappa shape index (κ3) is 2.89. The van der Waals surface area contributed by atoms with Gasteiger partial charge in [0.25, 0.3) is 5.91 Å². The number of benzene rings is 1. The molecule has 1 amide bonds. The van der Waals surface area contributed by atoms with Crippen LogP contribution in [-0.4, -0.2) is 23.9 Å². The van der Waals surface area contributed by atoms with Gasteiger partial charge in [-0.15, -0.1) is 11.3 Å². The van der Waals surface area contributed by atoms with Crippen molar-refractivity contribution in [1.82, 2.24) is 4.90 Å². The van der Waals surface area contributed by atoms with E-state index in [1.54, 1.807) is 12.1 Å². The molecule has 0 spiro atoms. The number of carbonyl (C=O) groups excluding carboxylic acids is 1. The first kappa shape index (κ1) is 13.7. The van der Waals surface area contributed by atoms with Gasteiger partial charge in [-0.05, 0) is 48.4 Å². The van der Waals surface area contributed by atoms with Crippen LogP contribution in [0.3, 0.4) is 0 Å². The molecule has 0 unspecified atom stereocenters. The summed E-state index contributed by atoms with van der Waals surface area (Å²) in [6, 6.07) is 11.5. The summed E-state index contributed by atoms with van der Waals surface area (Å²) < 4.78 is 0. The lowest BCUT2D eigenvalue weighted by Crippen LogP contribution is -2.37. The average Bonchev–Trinajstić information content (AvgIpc) is 3.01. The van der Waals surface area contributed by atoms with Gasteiger partial charge in [-0.3, -0.25) is 4.79 Å². The van der Waals surface area contributed by atoms with Crippen molar-refractivity contribution < 1.29 is 4.79 Å². The molecule has 1 aliphatic heterocycles. The Bertz CT molecular complexity index is 588. The molecule has 2 aromatic rings. The minimum absolute atomic E-state index is 0.0946. The first-order valence-corrected chi connectivity index (χ1v) is 8.08. The number of hydrogen-bond donors (Lipinski definition) is 0. The maximum Gasteiger partial charge on any atom is 0.253 e. The molecule has 0 bridgehead atoms. The number of hydrogen-bond acceptors (Lipinski definition) is 2. The summed E-state index contributed by atoms with van der Waals surface area (Å²) in [6.45, 7) is 1.65. The largest absolute Gasteiger partial charge is 0.339 e. The summed E-state index contributed by atoms with van der Waals surface area (Å²) in [7, 11) is 0. The highest BCUT2D eigenvalue weighted by atomic mass is 35.5. The van der Waals surface area contributed by atoms with Crippen LogP contribution >= 0.6 is 22.9 Å². The van der Waals surface area contributed by atoms with Gasteiger partial charge < -0.3 is 4.90 Å². The van der Waals surface area contributed by atoms with Crippen LogP contribution in [0.15, 0.2) is 41.8 Å². The fourth-order valence-electron chi connectivity index (χ4n) is 2.69. The van der Waals surface area contributed by atoms with Crippen molar-refractivity contribution in [1.29, 1.82) is 0 Å². The number of rotatable bonds is 2. The van der Waals surface area contributed by atoms with Crippen LogP contribution in [0, 0.1) is 0 Å². The second-order valence-corrected chi connectivity index (χ2v) is 6.51. The quantitative estimate of drug-likeness (QED) is 0.804. The molecule has 1 aliphatic rings. The summed E-state index contributed by atoms with van der Waals surface area (Å²) in [5.74, 6) is 0.704. The molecule has 2 heterocycles. The van der Waals surface area contributed by atoms with E-state index in [1.807, 2.05) is 28.4 Å². The van der Waals surface area contributed by atoms with E-state index >= 15 is 0 Å². The van der Waals surface area contributed by atoms with Gasteiger partial charge >= 0.3 is 0 Å². The molecule has 1 aromatic heterocycles. The van der Waals surface area contributed by atoms with Gasteiger partial charge in [0.2, 0.25) is 0 Å². The molecular weight excluding hydrogens is 290 g/mol. The van der Waals surface area contributed by atoms with Gasteiger partial charge in [0.1, 0.15) is 0 Å². The minimum Gasteiger partial charge on any atom is -0.339 e. The molecule has 0 atom stereocenters. The zero-order valence-corrected chi connectivity index (χ0v) is 12.7. The number of amides is 1. The Balaban J connectivity index is 1.65. The van der Waals surface area contributed by atoms with E-state index in [9.17, 15) is 4.79 Å². The highest BCUT2D eigenvalue weighted by Crippen LogP contribution is 2.31. The Morgan fingerprint density at radius 2 is 2.00 bits per heavy atom. The van der Waals surface area contributed by atoms with E-state index in [2.05, 4.69) is 17.5 Å². The molecule has 104 valence electrons. The maximum atomic E-state index is 12.4. The van der Waals surface area contributed by atoms with Crippen molar-refractivity contribution in [3.05, 3.63) is 57.2 Å². The molecule has 1 aromatic carbocycles. The SMILES string of the molecule is O=C(c1cccc(Cl)c1)N1CCC(c2cccs2)CC1. The highest BCUT2D eigenvalue weighted by molar-refractivity contribution is 7.10. The monoisotopic (exact) mass is 305 g/mol. The Labute approximate surface area is 128 Å². The standard InChI is InChI=1S/C16H16ClNOS/c17-14-4-1-3-13(11-14)16(19)18-8-6-12(7-9-18)15-5-2-10-20-15/h1-5,10-12H,6-9H2. The maximum absolute atomic E-state index is 12.4. The number of nitrogens with zero attached hydrogens (tertiary/aromatic N) is 1. The summed E-state index contributed by atoms with van der Waals surface area (Å²) in [6.07, 6.45) is 2.10. The second kappa shape index (κ2) is 5.98. The number of halogens is 1. The van der Waals surface area contributed by atoms with Gasteiger partial charge in [-0.1, -0.05) is 23.7 Å². The number of thiophene rings is 1. The molecule has 1 fully saturated rings. The third-order valence-electron chi connectivity index (χ3n) is 3.80. The Morgan fingerprint density at radius 1 is 1.20 bits per heavy atom. The van der Waals surface area contributed by atoms with E-state index in [0.29, 0.717) is 16.5 Å². The predicted octanol–water partition coefficient (Wildman–Crippen LogP) is 4.42. The number of piperidine rings is 1. The van der Waals surface area contributed by atoms with E-state index in [0.717, 1.165) is 25.9 Å². The van der Waals surface area contributed by atoms with Crippen molar-refractivity contribution in [2.24, 2.45) is 0 Å². The zero-order chi connectivity index (χ0) is 13.9. The minimum atomic E-state index is 0.0946. The summed E-state index contributed by atoms with van der Waals surface area (Å²) in [5.41, 5.74) is 0.687. The molecule has 0 saturated carbocycles. The number of carbonyl (C=O) groups is 1. The molecule has 3 rings (SSSR count). The molecule has 2 nitrogen and oxygen atoms in total. The zero-order valence-electron chi connectivity index (χ0n) is 11.1. The first-order chi connectivity index (χ1) is 9.74. The average molecular weight is 306 g/mol. The van der Waals surface area contributed by atoms with E-state index < -0.39 is 0 Å². The molecule has 0 N–H and O–H groups in total. The molecular formula is C16H16ClNOS. The van der Waals surface area contributed by atoms with Gasteiger partial charge in [-0.25, -0.2) is 0 Å². The van der Waals surface area contributed by atoms with Gasteiger partial charge in [0.05, 0.1) is 0 Å². The molecule has 0 aliphatic carbocycles. The van der Waals surface area contributed by atoms with Crippen LogP contribution in [0.5, 0.6) is 0 Å². The molecule has 1 saturated heterocycles. The Kier molecular flexibility index (Phi) is 4.08. The van der Waals surface area contributed by atoms with Crippen LogP contribution in [-0.2, 0) is 0 Å². The van der Waals surface area contributed by atoms with Crippen LogP contribution in [0.2, 0.25) is 5.02 Å². The lowest BCUT2D eigenvalue weighted by molar-refractivity contribution is 0.0714. The Hall–Kier alpha value is -1.32. The van der Waals surface area contributed by atoms with Crippen molar-refractivity contribution in [3.63, 3.8) is 0 Å². The van der Waals surface area contributed by atoms with Crippen LogP contribution in [0.1, 0.15) is 34.0 Å². The first-order valence-electron chi connectivity index (χ1n) is 6.82. The lowest BCUT2D eigenvalue weighted by Gasteiger charge is -2.31. The second-order valence-electron chi connectivity index (χ2n) is 5.09. The smallest absolute Gasteiger partial charge is 0.253 e. The molecule has 4 heteroatoms. The van der Waals surface area contributed by atoms with Crippen LogP contribution in [0.4, 0.5) is 0 Å². The predicted molar refractivity (Wildman–Crippen MR) is 83.6 cm³/mol. The van der Waals surface area contributed by atoms with Crippen molar-refractivity contribution in [2.45, 2.75) is 18.8 Å². The van der Waals surface area contributed by atoms with E-state index in [-0.39, 0.29) is 5.91 Å².